The molecule has 1 aromatic rings. The SMILES string of the molecule is CC1(C)CC(C#N)CN1c1cccc(C(F)(F)F)c1. The molecule has 0 spiro atoms. The largest absolute Gasteiger partial charge is 0.416 e. The van der Waals surface area contributed by atoms with Gasteiger partial charge in [0.1, 0.15) is 0 Å². The van der Waals surface area contributed by atoms with Crippen molar-refractivity contribution < 1.29 is 13.2 Å². The maximum absolute atomic E-state index is 12.7. The Kier molecular flexibility index (Phi) is 3.21. The van der Waals surface area contributed by atoms with Gasteiger partial charge < -0.3 is 4.90 Å². The lowest BCUT2D eigenvalue weighted by molar-refractivity contribution is -0.137. The summed E-state index contributed by atoms with van der Waals surface area (Å²) in [7, 11) is 0. The normalized spacial score (nSPS) is 22.3. The van der Waals surface area contributed by atoms with Gasteiger partial charge in [0.05, 0.1) is 17.6 Å². The summed E-state index contributed by atoms with van der Waals surface area (Å²) >= 11 is 0. The molecule has 0 aromatic heterocycles. The van der Waals surface area contributed by atoms with Crippen LogP contribution in [0.1, 0.15) is 25.8 Å². The van der Waals surface area contributed by atoms with Crippen molar-refractivity contribution in [2.75, 3.05) is 11.4 Å². The molecule has 5 heteroatoms. The molecule has 1 aliphatic heterocycles. The van der Waals surface area contributed by atoms with E-state index in [2.05, 4.69) is 6.07 Å². The first kappa shape index (κ1) is 13.7. The number of nitriles is 1. The number of hydrogen-bond donors (Lipinski definition) is 0. The van der Waals surface area contributed by atoms with Crippen LogP contribution in [0.4, 0.5) is 18.9 Å². The van der Waals surface area contributed by atoms with E-state index in [9.17, 15) is 13.2 Å². The topological polar surface area (TPSA) is 27.0 Å². The lowest BCUT2D eigenvalue weighted by Crippen LogP contribution is -2.38. The second kappa shape index (κ2) is 4.44. The van der Waals surface area contributed by atoms with Gasteiger partial charge in [-0.05, 0) is 38.5 Å². The Balaban J connectivity index is 2.35. The first-order valence-electron chi connectivity index (χ1n) is 6.08. The summed E-state index contributed by atoms with van der Waals surface area (Å²) in [6, 6.07) is 7.49. The van der Waals surface area contributed by atoms with Crippen LogP contribution in [0.15, 0.2) is 24.3 Å². The van der Waals surface area contributed by atoms with E-state index in [4.69, 9.17) is 5.26 Å². The highest BCUT2D eigenvalue weighted by atomic mass is 19.4. The summed E-state index contributed by atoms with van der Waals surface area (Å²) in [5.41, 5.74) is -0.427. The number of nitrogens with zero attached hydrogens (tertiary/aromatic N) is 2. The molecule has 1 heterocycles. The fourth-order valence-corrected chi connectivity index (χ4v) is 2.64. The molecule has 102 valence electrons. The fraction of sp³-hybridized carbons (Fsp3) is 0.500. The van der Waals surface area contributed by atoms with E-state index in [1.54, 1.807) is 6.07 Å². The van der Waals surface area contributed by atoms with Crippen LogP contribution in [0.3, 0.4) is 0 Å². The van der Waals surface area contributed by atoms with E-state index < -0.39 is 11.7 Å². The van der Waals surface area contributed by atoms with Crippen molar-refractivity contribution in [3.05, 3.63) is 29.8 Å². The van der Waals surface area contributed by atoms with Crippen LogP contribution in [-0.2, 0) is 6.18 Å². The first-order chi connectivity index (χ1) is 8.74. The molecule has 1 fully saturated rings. The van der Waals surface area contributed by atoms with Crippen LogP contribution >= 0.6 is 0 Å². The Bertz CT molecular complexity index is 514. The Morgan fingerprint density at radius 2 is 2.05 bits per heavy atom. The minimum atomic E-state index is -4.34. The summed E-state index contributed by atoms with van der Waals surface area (Å²) in [6.45, 7) is 4.38. The Morgan fingerprint density at radius 3 is 2.58 bits per heavy atom. The highest BCUT2D eigenvalue weighted by Gasteiger charge is 2.39. The lowest BCUT2D eigenvalue weighted by Gasteiger charge is -2.33. The quantitative estimate of drug-likeness (QED) is 0.774. The van der Waals surface area contributed by atoms with Gasteiger partial charge in [-0.2, -0.15) is 18.4 Å². The van der Waals surface area contributed by atoms with Crippen molar-refractivity contribution in [3.8, 4) is 6.07 Å². The van der Waals surface area contributed by atoms with E-state index in [1.165, 1.54) is 6.07 Å². The monoisotopic (exact) mass is 268 g/mol. The van der Waals surface area contributed by atoms with Crippen molar-refractivity contribution in [1.29, 1.82) is 5.26 Å². The van der Waals surface area contributed by atoms with Gasteiger partial charge in [0.15, 0.2) is 0 Å². The van der Waals surface area contributed by atoms with E-state index in [-0.39, 0.29) is 11.5 Å². The summed E-state index contributed by atoms with van der Waals surface area (Å²) in [4.78, 5) is 1.89. The van der Waals surface area contributed by atoms with Crippen LogP contribution in [0.25, 0.3) is 0 Å². The van der Waals surface area contributed by atoms with Crippen molar-refractivity contribution >= 4 is 5.69 Å². The zero-order valence-corrected chi connectivity index (χ0v) is 10.8. The molecule has 1 saturated heterocycles. The van der Waals surface area contributed by atoms with Crippen LogP contribution < -0.4 is 4.90 Å². The van der Waals surface area contributed by atoms with Crippen LogP contribution in [0.2, 0.25) is 0 Å². The number of benzene rings is 1. The van der Waals surface area contributed by atoms with Gasteiger partial charge in [-0.3, -0.25) is 0 Å². The summed E-state index contributed by atoms with van der Waals surface area (Å²) < 4.78 is 38.2. The van der Waals surface area contributed by atoms with E-state index in [0.717, 1.165) is 12.1 Å². The summed E-state index contributed by atoms with van der Waals surface area (Å²) in [5, 5.41) is 8.99. The lowest BCUT2D eigenvalue weighted by atomic mass is 9.97. The van der Waals surface area contributed by atoms with Gasteiger partial charge >= 0.3 is 6.18 Å². The van der Waals surface area contributed by atoms with Crippen LogP contribution in [0.5, 0.6) is 0 Å². The van der Waals surface area contributed by atoms with Crippen LogP contribution in [0, 0.1) is 17.2 Å². The third-order valence-electron chi connectivity index (χ3n) is 3.55. The molecular formula is C14H15F3N2. The van der Waals surface area contributed by atoms with Crippen molar-refractivity contribution in [3.63, 3.8) is 0 Å². The van der Waals surface area contributed by atoms with Gasteiger partial charge in [0, 0.05) is 17.8 Å². The number of hydrogen-bond acceptors (Lipinski definition) is 2. The molecule has 0 N–H and O–H groups in total. The molecule has 19 heavy (non-hydrogen) atoms. The van der Waals surface area contributed by atoms with E-state index in [1.807, 2.05) is 18.7 Å². The standard InChI is InChI=1S/C14H15F3N2/c1-13(2)7-10(8-18)9-19(13)12-5-3-4-11(6-12)14(15,16)17/h3-6,10H,7,9H2,1-2H3. The molecule has 2 rings (SSSR count). The molecule has 0 amide bonds. The molecule has 2 nitrogen and oxygen atoms in total. The number of alkyl halides is 3. The summed E-state index contributed by atoms with van der Waals surface area (Å²) in [6.07, 6.45) is -3.67. The predicted molar refractivity (Wildman–Crippen MR) is 66.6 cm³/mol. The number of anilines is 1. The molecule has 1 aliphatic rings. The summed E-state index contributed by atoms with van der Waals surface area (Å²) in [5.74, 6) is -0.135. The molecule has 1 unspecified atom stereocenters. The zero-order valence-electron chi connectivity index (χ0n) is 10.8. The third-order valence-corrected chi connectivity index (χ3v) is 3.55. The number of halogens is 3. The van der Waals surface area contributed by atoms with Gasteiger partial charge in [-0.1, -0.05) is 6.07 Å². The first-order valence-corrected chi connectivity index (χ1v) is 6.08. The third kappa shape index (κ3) is 2.67. The van der Waals surface area contributed by atoms with Gasteiger partial charge in [-0.15, -0.1) is 0 Å². The average Bonchev–Trinajstić information content (AvgIpc) is 2.63. The van der Waals surface area contributed by atoms with Gasteiger partial charge in [0.2, 0.25) is 0 Å². The predicted octanol–water partition coefficient (Wildman–Crippen LogP) is 3.83. The van der Waals surface area contributed by atoms with Crippen LogP contribution in [-0.4, -0.2) is 12.1 Å². The molecule has 1 aromatic carbocycles. The molecular weight excluding hydrogens is 253 g/mol. The molecule has 0 radical (unpaired) electrons. The Hall–Kier alpha value is -1.70. The fourth-order valence-electron chi connectivity index (χ4n) is 2.64. The van der Waals surface area contributed by atoms with E-state index in [0.29, 0.717) is 18.7 Å². The Morgan fingerprint density at radius 1 is 1.37 bits per heavy atom. The van der Waals surface area contributed by atoms with Gasteiger partial charge in [-0.25, -0.2) is 0 Å². The van der Waals surface area contributed by atoms with Gasteiger partial charge in [0.25, 0.3) is 0 Å². The zero-order chi connectivity index (χ0) is 14.3. The maximum atomic E-state index is 12.7. The highest BCUT2D eigenvalue weighted by Crippen LogP contribution is 2.38. The number of rotatable bonds is 1. The molecule has 1 atom stereocenters. The minimum Gasteiger partial charge on any atom is -0.365 e. The Labute approximate surface area is 110 Å². The minimum absolute atomic E-state index is 0.135. The van der Waals surface area contributed by atoms with Crippen molar-refractivity contribution in [2.45, 2.75) is 32.0 Å². The average molecular weight is 268 g/mol. The van der Waals surface area contributed by atoms with Crippen molar-refractivity contribution in [2.24, 2.45) is 5.92 Å². The second-order valence-corrected chi connectivity index (χ2v) is 5.50. The maximum Gasteiger partial charge on any atom is 0.416 e. The molecule has 0 saturated carbocycles. The van der Waals surface area contributed by atoms with Crippen molar-refractivity contribution in [1.82, 2.24) is 0 Å². The smallest absolute Gasteiger partial charge is 0.365 e. The molecule has 0 aliphatic carbocycles. The molecule has 0 bridgehead atoms. The van der Waals surface area contributed by atoms with E-state index >= 15 is 0 Å². The second-order valence-electron chi connectivity index (χ2n) is 5.50. The highest BCUT2D eigenvalue weighted by molar-refractivity contribution is 5.53.